The highest BCUT2D eigenvalue weighted by Gasteiger charge is 2.23. The summed E-state index contributed by atoms with van der Waals surface area (Å²) in [6, 6.07) is -0.911. The molecule has 2 N–H and O–H groups in total. The molecule has 9 heteroatoms. The topological polar surface area (TPSA) is 108 Å². The predicted molar refractivity (Wildman–Crippen MR) is 205 cm³/mol. The quantitative estimate of drug-likeness (QED) is 0.0298. The average Bonchev–Trinajstić information content (AvgIpc) is 3.04. The van der Waals surface area contributed by atoms with Gasteiger partial charge in [-0.2, -0.15) is 0 Å². The van der Waals surface area contributed by atoms with Crippen LogP contribution in [0.25, 0.3) is 0 Å². The Labute approximate surface area is 301 Å². The molecule has 3 unspecified atom stereocenters. The lowest BCUT2D eigenvalue weighted by atomic mass is 10.1. The number of phosphoric acid groups is 1. The maximum atomic E-state index is 12.8. The molecule has 0 aliphatic carbocycles. The molecule has 0 fully saturated rings. The van der Waals surface area contributed by atoms with Gasteiger partial charge in [0.2, 0.25) is 5.91 Å². The van der Waals surface area contributed by atoms with Gasteiger partial charge in [-0.05, 0) is 70.6 Å². The molecule has 0 aliphatic rings. The van der Waals surface area contributed by atoms with Crippen molar-refractivity contribution in [3.8, 4) is 0 Å². The van der Waals surface area contributed by atoms with Crippen LogP contribution in [0.1, 0.15) is 149 Å². The van der Waals surface area contributed by atoms with Crippen molar-refractivity contribution >= 4 is 13.7 Å². The number of hydrogen-bond donors (Lipinski definition) is 2. The number of carbonyl (C=O) groups excluding carboxylic acids is 1. The first-order chi connectivity index (χ1) is 23.5. The summed E-state index contributed by atoms with van der Waals surface area (Å²) >= 11 is 0. The number of allylic oxidation sites excluding steroid dienone is 7. The first kappa shape index (κ1) is 47.5. The molecule has 0 radical (unpaired) electrons. The molecule has 0 saturated carbocycles. The number of amides is 1. The average molecular weight is 711 g/mol. The second-order valence-electron chi connectivity index (χ2n) is 14.3. The molecular formula is C40H75N2O6P. The van der Waals surface area contributed by atoms with E-state index in [2.05, 4.69) is 55.6 Å². The van der Waals surface area contributed by atoms with Crippen molar-refractivity contribution in [2.75, 3.05) is 40.9 Å². The fraction of sp³-hybridized carbons (Fsp3) is 0.775. The van der Waals surface area contributed by atoms with Crippen LogP contribution in [0.4, 0.5) is 0 Å². The first-order valence-electron chi connectivity index (χ1n) is 19.5. The molecule has 8 nitrogen and oxygen atoms in total. The Hall–Kier alpha value is -1.54. The van der Waals surface area contributed by atoms with Gasteiger partial charge < -0.3 is 28.8 Å². The van der Waals surface area contributed by atoms with Gasteiger partial charge in [0.15, 0.2) is 0 Å². The van der Waals surface area contributed by atoms with Gasteiger partial charge in [-0.3, -0.25) is 9.36 Å². The molecule has 0 aromatic rings. The van der Waals surface area contributed by atoms with Gasteiger partial charge in [0.1, 0.15) is 13.2 Å². The van der Waals surface area contributed by atoms with E-state index in [-0.39, 0.29) is 12.5 Å². The van der Waals surface area contributed by atoms with Crippen LogP contribution in [0.15, 0.2) is 48.6 Å². The molecule has 0 aliphatic heterocycles. The van der Waals surface area contributed by atoms with Gasteiger partial charge in [-0.1, -0.05) is 120 Å². The Balaban J connectivity index is 4.62. The highest BCUT2D eigenvalue weighted by molar-refractivity contribution is 7.45. The van der Waals surface area contributed by atoms with Gasteiger partial charge in [-0.15, -0.1) is 0 Å². The number of rotatable bonds is 34. The Kier molecular flexibility index (Phi) is 31.4. The zero-order chi connectivity index (χ0) is 36.5. The van der Waals surface area contributed by atoms with Crippen LogP contribution in [0.5, 0.6) is 0 Å². The number of hydrogen-bond acceptors (Lipinski definition) is 6. The van der Waals surface area contributed by atoms with Crippen LogP contribution < -0.4 is 10.2 Å². The standard InChI is InChI=1S/C40H75N2O6P/c1-6-8-10-12-14-16-18-20-22-24-26-28-30-32-34-40(44)41-38(37-48-49(45,46)47-36-35-42(3,4)5)39(43)33-31-29-27-25-23-21-19-17-15-13-11-9-7-2/h15,17-18,20,23,25,31,33,38-39,43H,6-14,16,19,21-22,24,26-30,32,34-37H2,1-5H3,(H-,41,44,45,46)/b17-15+,20-18-,25-23+,33-31+. The van der Waals surface area contributed by atoms with E-state index in [1.165, 1.54) is 57.8 Å². The van der Waals surface area contributed by atoms with Crippen LogP contribution >= 0.6 is 7.82 Å². The number of nitrogens with one attached hydrogen (secondary N) is 1. The molecule has 1 amide bonds. The maximum Gasteiger partial charge on any atom is 0.268 e. The molecule has 286 valence electrons. The third-order valence-corrected chi connectivity index (χ3v) is 9.20. The Bertz CT molecular complexity index is 944. The summed E-state index contributed by atoms with van der Waals surface area (Å²) in [5.41, 5.74) is 0. The molecule has 0 saturated heterocycles. The molecule has 3 atom stereocenters. The number of aliphatic hydroxyl groups is 1. The number of carbonyl (C=O) groups is 1. The number of aliphatic hydroxyl groups excluding tert-OH is 1. The molecule has 0 rings (SSSR count). The van der Waals surface area contributed by atoms with E-state index < -0.39 is 26.6 Å². The van der Waals surface area contributed by atoms with E-state index in [0.29, 0.717) is 17.4 Å². The number of unbranched alkanes of at least 4 members (excludes halogenated alkanes) is 15. The summed E-state index contributed by atoms with van der Waals surface area (Å²) in [4.78, 5) is 25.1. The second kappa shape index (κ2) is 32.4. The van der Waals surface area contributed by atoms with Crippen LogP contribution in [0.3, 0.4) is 0 Å². The van der Waals surface area contributed by atoms with E-state index in [1.54, 1.807) is 6.08 Å². The molecule has 49 heavy (non-hydrogen) atoms. The number of likely N-dealkylation sites (N-methyl/N-ethyl adjacent to an activating group) is 1. The second-order valence-corrected chi connectivity index (χ2v) is 15.7. The minimum atomic E-state index is -4.59. The van der Waals surface area contributed by atoms with Gasteiger partial charge >= 0.3 is 0 Å². The molecule has 0 aromatic carbocycles. The zero-order valence-electron chi connectivity index (χ0n) is 32.1. The SMILES string of the molecule is CCCCC/C=C/CC/C=C/CC/C=C/C(O)C(COP(=O)([O-])OCC[N+](C)(C)C)NC(=O)CCCCCCC/C=C\CCCCCCC. The lowest BCUT2D eigenvalue weighted by Gasteiger charge is -2.29. The number of phosphoric ester groups is 1. The van der Waals surface area contributed by atoms with E-state index in [1.807, 2.05) is 27.2 Å². The van der Waals surface area contributed by atoms with Crippen molar-refractivity contribution in [3.63, 3.8) is 0 Å². The van der Waals surface area contributed by atoms with Crippen molar-refractivity contribution in [2.24, 2.45) is 0 Å². The van der Waals surface area contributed by atoms with E-state index in [4.69, 9.17) is 9.05 Å². The maximum absolute atomic E-state index is 12.8. The van der Waals surface area contributed by atoms with Crippen LogP contribution in [-0.2, 0) is 18.4 Å². The Morgan fingerprint density at radius 2 is 1.14 bits per heavy atom. The van der Waals surface area contributed by atoms with Gasteiger partial charge in [0, 0.05) is 6.42 Å². The van der Waals surface area contributed by atoms with Crippen molar-refractivity contribution < 1.29 is 32.9 Å². The van der Waals surface area contributed by atoms with E-state index >= 15 is 0 Å². The fourth-order valence-electron chi connectivity index (χ4n) is 5.06. The third-order valence-electron chi connectivity index (χ3n) is 8.24. The zero-order valence-corrected chi connectivity index (χ0v) is 33.0. The van der Waals surface area contributed by atoms with Crippen LogP contribution in [0.2, 0.25) is 0 Å². The lowest BCUT2D eigenvalue weighted by molar-refractivity contribution is -0.870. The van der Waals surface area contributed by atoms with Crippen molar-refractivity contribution in [1.82, 2.24) is 5.32 Å². The molecular weight excluding hydrogens is 635 g/mol. The third kappa shape index (κ3) is 34.7. The predicted octanol–water partition coefficient (Wildman–Crippen LogP) is 9.50. The van der Waals surface area contributed by atoms with Crippen LogP contribution in [-0.4, -0.2) is 68.5 Å². The lowest BCUT2D eigenvalue weighted by Crippen LogP contribution is -2.45. The highest BCUT2D eigenvalue weighted by atomic mass is 31.2. The van der Waals surface area contributed by atoms with Crippen LogP contribution in [0, 0.1) is 0 Å². The summed E-state index contributed by atoms with van der Waals surface area (Å²) in [7, 11) is 1.22. The van der Waals surface area contributed by atoms with Gasteiger partial charge in [0.25, 0.3) is 7.82 Å². The van der Waals surface area contributed by atoms with Crippen molar-refractivity contribution in [3.05, 3.63) is 48.6 Å². The van der Waals surface area contributed by atoms with Gasteiger partial charge in [-0.25, -0.2) is 0 Å². The minimum Gasteiger partial charge on any atom is -0.756 e. The Morgan fingerprint density at radius 1 is 0.694 bits per heavy atom. The summed E-state index contributed by atoms with van der Waals surface area (Å²) in [5.74, 6) is -0.225. The highest BCUT2D eigenvalue weighted by Crippen LogP contribution is 2.38. The number of nitrogens with zero attached hydrogens (tertiary/aromatic N) is 1. The van der Waals surface area contributed by atoms with E-state index in [0.717, 1.165) is 70.6 Å². The van der Waals surface area contributed by atoms with Crippen molar-refractivity contribution in [2.45, 2.75) is 161 Å². The molecule has 0 bridgehead atoms. The molecule has 0 aromatic heterocycles. The smallest absolute Gasteiger partial charge is 0.268 e. The van der Waals surface area contributed by atoms with Gasteiger partial charge in [0.05, 0.1) is 39.9 Å². The Morgan fingerprint density at radius 3 is 1.69 bits per heavy atom. The van der Waals surface area contributed by atoms with E-state index in [9.17, 15) is 19.4 Å². The summed E-state index contributed by atoms with van der Waals surface area (Å²) in [6.07, 6.45) is 38.7. The summed E-state index contributed by atoms with van der Waals surface area (Å²) in [6.45, 7) is 4.53. The summed E-state index contributed by atoms with van der Waals surface area (Å²) in [5, 5.41) is 13.7. The van der Waals surface area contributed by atoms with Crippen molar-refractivity contribution in [1.29, 1.82) is 0 Å². The minimum absolute atomic E-state index is 0.0120. The number of quaternary nitrogens is 1. The monoisotopic (exact) mass is 711 g/mol. The first-order valence-corrected chi connectivity index (χ1v) is 21.0. The summed E-state index contributed by atoms with van der Waals surface area (Å²) < 4.78 is 23.1. The fourth-order valence-corrected chi connectivity index (χ4v) is 5.78. The molecule has 0 heterocycles. The molecule has 0 spiro atoms. The normalized spacial score (nSPS) is 15.2. The largest absolute Gasteiger partial charge is 0.756 e.